The summed E-state index contributed by atoms with van der Waals surface area (Å²) in [7, 11) is 0. The lowest BCUT2D eigenvalue weighted by Gasteiger charge is -2.40. The first-order valence-electron chi connectivity index (χ1n) is 9.38. The highest BCUT2D eigenvalue weighted by atomic mass is 16.7. The Labute approximate surface area is 170 Å². The standard InChI is InChI=1S/C21H28O8/c1-12(22)26-17-11-25-20(19(28-14(3)24)18(17)27-13(2)23)29-16-9-7-15(8-10-16)21(4,5)6/h7-10,17-20H,11H2,1-6H3/t17-,18+,19+,20+/m0/s1. The molecule has 1 fully saturated rings. The normalized spacial score (nSPS) is 24.3. The first-order valence-corrected chi connectivity index (χ1v) is 9.38. The van der Waals surface area contributed by atoms with E-state index in [0.717, 1.165) is 5.56 Å². The smallest absolute Gasteiger partial charge is 0.303 e. The summed E-state index contributed by atoms with van der Waals surface area (Å²) in [5.74, 6) is -1.31. The van der Waals surface area contributed by atoms with Crippen molar-refractivity contribution >= 4 is 17.9 Å². The molecule has 0 amide bonds. The Morgan fingerprint density at radius 3 is 1.86 bits per heavy atom. The molecule has 0 bridgehead atoms. The second-order valence-electron chi connectivity index (χ2n) is 7.89. The summed E-state index contributed by atoms with van der Waals surface area (Å²) in [6.07, 6.45) is -4.15. The lowest BCUT2D eigenvalue weighted by atomic mass is 9.87. The highest BCUT2D eigenvalue weighted by Gasteiger charge is 2.48. The molecule has 0 N–H and O–H groups in total. The minimum Gasteiger partial charge on any atom is -0.461 e. The van der Waals surface area contributed by atoms with Gasteiger partial charge in [0, 0.05) is 20.8 Å². The number of ether oxygens (including phenoxy) is 5. The number of hydrogen-bond acceptors (Lipinski definition) is 8. The van der Waals surface area contributed by atoms with Gasteiger partial charge in [0.1, 0.15) is 5.75 Å². The first-order chi connectivity index (χ1) is 13.5. The fraction of sp³-hybridized carbons (Fsp3) is 0.571. The molecule has 0 aliphatic carbocycles. The van der Waals surface area contributed by atoms with Crippen LogP contribution in [0.3, 0.4) is 0 Å². The Kier molecular flexibility index (Phi) is 7.24. The van der Waals surface area contributed by atoms with Crippen molar-refractivity contribution in [3.63, 3.8) is 0 Å². The minimum absolute atomic E-state index is 0.0161. The summed E-state index contributed by atoms with van der Waals surface area (Å²) >= 11 is 0. The van der Waals surface area contributed by atoms with E-state index < -0.39 is 42.5 Å². The van der Waals surface area contributed by atoms with Gasteiger partial charge in [-0.05, 0) is 23.1 Å². The van der Waals surface area contributed by atoms with E-state index in [0.29, 0.717) is 5.75 Å². The number of hydrogen-bond donors (Lipinski definition) is 0. The zero-order valence-electron chi connectivity index (χ0n) is 17.6. The summed E-state index contributed by atoms with van der Waals surface area (Å²) in [5.41, 5.74) is 1.11. The van der Waals surface area contributed by atoms with Crippen molar-refractivity contribution in [1.29, 1.82) is 0 Å². The number of rotatable bonds is 5. The second kappa shape index (κ2) is 9.26. The van der Waals surface area contributed by atoms with Crippen LogP contribution in [0.1, 0.15) is 47.1 Å². The van der Waals surface area contributed by atoms with Gasteiger partial charge in [-0.15, -0.1) is 0 Å². The summed E-state index contributed by atoms with van der Waals surface area (Å²) in [6, 6.07) is 7.44. The SMILES string of the molecule is CC(=O)O[C@H]1[C@@H](Oc2ccc(C(C)(C)C)cc2)OC[C@H](OC(C)=O)[C@H]1OC(C)=O. The number of carbonyl (C=O) groups excluding carboxylic acids is 3. The maximum atomic E-state index is 11.6. The molecule has 1 saturated heterocycles. The Balaban J connectivity index is 2.25. The van der Waals surface area contributed by atoms with Crippen molar-refractivity contribution in [2.24, 2.45) is 0 Å². The van der Waals surface area contributed by atoms with E-state index >= 15 is 0 Å². The van der Waals surface area contributed by atoms with Gasteiger partial charge >= 0.3 is 17.9 Å². The largest absolute Gasteiger partial charge is 0.461 e. The maximum Gasteiger partial charge on any atom is 0.303 e. The highest BCUT2D eigenvalue weighted by molar-refractivity contribution is 5.68. The summed E-state index contributed by atoms with van der Waals surface area (Å²) in [4.78, 5) is 34.6. The predicted molar refractivity (Wildman–Crippen MR) is 102 cm³/mol. The van der Waals surface area contributed by atoms with Gasteiger partial charge in [0.05, 0.1) is 6.61 Å². The van der Waals surface area contributed by atoms with Crippen LogP contribution in [0.15, 0.2) is 24.3 Å². The third-order valence-corrected chi connectivity index (χ3v) is 4.28. The second-order valence-corrected chi connectivity index (χ2v) is 7.89. The van der Waals surface area contributed by atoms with E-state index in [1.807, 2.05) is 12.1 Å². The molecule has 0 radical (unpaired) electrons. The molecule has 0 saturated carbocycles. The third-order valence-electron chi connectivity index (χ3n) is 4.28. The molecule has 160 valence electrons. The van der Waals surface area contributed by atoms with Gasteiger partial charge < -0.3 is 23.7 Å². The first kappa shape index (κ1) is 22.7. The molecule has 0 spiro atoms. The van der Waals surface area contributed by atoms with Crippen LogP contribution in [0.5, 0.6) is 5.75 Å². The van der Waals surface area contributed by atoms with E-state index in [4.69, 9.17) is 23.7 Å². The zero-order chi connectivity index (χ0) is 21.8. The highest BCUT2D eigenvalue weighted by Crippen LogP contribution is 2.29. The Hall–Kier alpha value is -2.61. The van der Waals surface area contributed by atoms with Gasteiger partial charge in [0.15, 0.2) is 12.2 Å². The quantitative estimate of drug-likeness (QED) is 0.542. The predicted octanol–water partition coefficient (Wildman–Crippen LogP) is 2.51. The van der Waals surface area contributed by atoms with Crippen molar-refractivity contribution in [2.75, 3.05) is 6.61 Å². The fourth-order valence-corrected chi connectivity index (χ4v) is 2.98. The lowest BCUT2D eigenvalue weighted by molar-refractivity contribution is -0.259. The lowest BCUT2D eigenvalue weighted by Crippen LogP contribution is -2.59. The molecule has 29 heavy (non-hydrogen) atoms. The van der Waals surface area contributed by atoms with E-state index in [1.165, 1.54) is 20.8 Å². The van der Waals surface area contributed by atoms with Gasteiger partial charge in [0.25, 0.3) is 0 Å². The van der Waals surface area contributed by atoms with Gasteiger partial charge in [-0.1, -0.05) is 32.9 Å². The molecule has 8 heteroatoms. The molecule has 0 aromatic heterocycles. The maximum absolute atomic E-state index is 11.6. The van der Waals surface area contributed by atoms with Crippen molar-refractivity contribution in [3.05, 3.63) is 29.8 Å². The number of carbonyl (C=O) groups is 3. The molecule has 1 aliphatic heterocycles. The van der Waals surface area contributed by atoms with Crippen molar-refractivity contribution in [1.82, 2.24) is 0 Å². The van der Waals surface area contributed by atoms with Gasteiger partial charge in [-0.2, -0.15) is 0 Å². The average molecular weight is 408 g/mol. The van der Waals surface area contributed by atoms with Crippen LogP contribution < -0.4 is 4.74 Å². The summed E-state index contributed by atoms with van der Waals surface area (Å²) < 4.78 is 27.3. The van der Waals surface area contributed by atoms with E-state index in [-0.39, 0.29) is 12.0 Å². The Bertz CT molecular complexity index is 734. The van der Waals surface area contributed by atoms with Crippen LogP contribution in [0.2, 0.25) is 0 Å². The van der Waals surface area contributed by atoms with E-state index in [1.54, 1.807) is 12.1 Å². The fourth-order valence-electron chi connectivity index (χ4n) is 2.98. The average Bonchev–Trinajstić information content (AvgIpc) is 2.58. The summed E-state index contributed by atoms with van der Waals surface area (Å²) in [5, 5.41) is 0. The molecule has 4 atom stereocenters. The molecule has 2 rings (SSSR count). The van der Waals surface area contributed by atoms with Crippen molar-refractivity contribution in [3.8, 4) is 5.75 Å². The molecule has 1 heterocycles. The van der Waals surface area contributed by atoms with Crippen LogP contribution in [-0.4, -0.2) is 49.1 Å². The Morgan fingerprint density at radius 2 is 1.38 bits per heavy atom. The number of benzene rings is 1. The van der Waals surface area contributed by atoms with Gasteiger partial charge in [0.2, 0.25) is 12.4 Å². The van der Waals surface area contributed by atoms with Gasteiger partial charge in [-0.25, -0.2) is 0 Å². The number of esters is 3. The molecule has 8 nitrogen and oxygen atoms in total. The van der Waals surface area contributed by atoms with Crippen LogP contribution >= 0.6 is 0 Å². The van der Waals surface area contributed by atoms with Crippen molar-refractivity contribution < 1.29 is 38.1 Å². The third kappa shape index (κ3) is 6.45. The Morgan fingerprint density at radius 1 is 0.862 bits per heavy atom. The van der Waals surface area contributed by atoms with E-state index in [2.05, 4.69) is 20.8 Å². The van der Waals surface area contributed by atoms with Crippen LogP contribution in [0, 0.1) is 0 Å². The minimum atomic E-state index is -1.11. The monoisotopic (exact) mass is 408 g/mol. The van der Waals surface area contributed by atoms with E-state index in [9.17, 15) is 14.4 Å². The van der Waals surface area contributed by atoms with Gasteiger partial charge in [-0.3, -0.25) is 14.4 Å². The molecule has 1 aromatic carbocycles. The zero-order valence-corrected chi connectivity index (χ0v) is 17.6. The topological polar surface area (TPSA) is 97.4 Å². The summed E-state index contributed by atoms with van der Waals surface area (Å²) in [6.45, 7) is 9.88. The molecule has 1 aliphatic rings. The van der Waals surface area contributed by atoms with Crippen molar-refractivity contribution in [2.45, 2.75) is 71.6 Å². The molecular formula is C21H28O8. The molecule has 1 aromatic rings. The molecular weight excluding hydrogens is 380 g/mol. The molecule has 0 unspecified atom stereocenters. The van der Waals surface area contributed by atoms with Crippen LogP contribution in [0.4, 0.5) is 0 Å². The van der Waals surface area contributed by atoms with Crippen LogP contribution in [0.25, 0.3) is 0 Å². The van der Waals surface area contributed by atoms with Crippen LogP contribution in [-0.2, 0) is 38.7 Å².